The van der Waals surface area contributed by atoms with E-state index < -0.39 is 5.60 Å². The first-order chi connectivity index (χ1) is 13.6. The fourth-order valence-corrected chi connectivity index (χ4v) is 9.46. The van der Waals surface area contributed by atoms with Crippen molar-refractivity contribution in [2.24, 2.45) is 52.3 Å². The molecule has 6 unspecified atom stereocenters. The number of rotatable bonds is 5. The second kappa shape index (κ2) is 7.83. The van der Waals surface area contributed by atoms with Crippen molar-refractivity contribution in [2.75, 3.05) is 0 Å². The van der Waals surface area contributed by atoms with E-state index in [0.717, 1.165) is 54.3 Å². The summed E-state index contributed by atoms with van der Waals surface area (Å²) in [6.07, 6.45) is 16.5. The number of hydrogen-bond donors (Lipinski definition) is 1. The summed E-state index contributed by atoms with van der Waals surface area (Å²) < 4.78 is 0. The maximum atomic E-state index is 10.7. The van der Waals surface area contributed by atoms with Gasteiger partial charge >= 0.3 is 0 Å². The molecule has 0 radical (unpaired) electrons. The summed E-state index contributed by atoms with van der Waals surface area (Å²) in [6.45, 7) is 14.8. The highest BCUT2D eigenvalue weighted by atomic mass is 16.3. The molecule has 0 heterocycles. The average Bonchev–Trinajstić information content (AvgIpc) is 2.99. The molecular weight excluding hydrogens is 352 g/mol. The highest BCUT2D eigenvalue weighted by molar-refractivity contribution is 5.10. The molecule has 1 heteroatoms. The molecule has 0 aromatic heterocycles. The summed E-state index contributed by atoms with van der Waals surface area (Å²) in [7, 11) is 0. The van der Waals surface area contributed by atoms with Gasteiger partial charge in [-0.15, -0.1) is 0 Å². The molecule has 0 spiro atoms. The van der Waals surface area contributed by atoms with Gasteiger partial charge in [0.15, 0.2) is 0 Å². The summed E-state index contributed by atoms with van der Waals surface area (Å²) in [4.78, 5) is 0. The van der Waals surface area contributed by atoms with Crippen molar-refractivity contribution < 1.29 is 5.11 Å². The van der Waals surface area contributed by atoms with Gasteiger partial charge in [-0.1, -0.05) is 53.9 Å². The van der Waals surface area contributed by atoms with Crippen LogP contribution in [0.4, 0.5) is 0 Å². The third-order valence-corrected chi connectivity index (χ3v) is 11.2. The van der Waals surface area contributed by atoms with Crippen LogP contribution in [-0.4, -0.2) is 10.7 Å². The molecule has 4 aliphatic rings. The summed E-state index contributed by atoms with van der Waals surface area (Å²) in [5.74, 6) is 6.41. The van der Waals surface area contributed by atoms with Crippen LogP contribution in [0.5, 0.6) is 0 Å². The van der Waals surface area contributed by atoms with Crippen LogP contribution in [0.1, 0.15) is 119 Å². The Morgan fingerprint density at radius 1 is 0.793 bits per heavy atom. The molecule has 4 fully saturated rings. The van der Waals surface area contributed by atoms with Crippen molar-refractivity contribution in [3.05, 3.63) is 0 Å². The Morgan fingerprint density at radius 2 is 1.52 bits per heavy atom. The zero-order chi connectivity index (χ0) is 21.0. The lowest BCUT2D eigenvalue weighted by Crippen LogP contribution is -2.55. The third kappa shape index (κ3) is 3.85. The molecule has 0 saturated heterocycles. The number of aliphatic hydroxyl groups is 1. The molecule has 0 aliphatic heterocycles. The molecule has 4 saturated carbocycles. The van der Waals surface area contributed by atoms with E-state index in [0.29, 0.717) is 10.8 Å². The summed E-state index contributed by atoms with van der Waals surface area (Å²) in [6, 6.07) is 0. The molecule has 4 rings (SSSR count). The highest BCUT2D eigenvalue weighted by Gasteiger charge is 2.61. The SMILES string of the molecule is CC(C)CCC[C@@H](C)C1CCC2C3CC[C@H]4C[C@@](C)(O)CCC4(C)C3CCC21C. The van der Waals surface area contributed by atoms with Crippen LogP contribution in [0.3, 0.4) is 0 Å². The summed E-state index contributed by atoms with van der Waals surface area (Å²) in [5.41, 5.74) is 0.722. The highest BCUT2D eigenvalue weighted by Crippen LogP contribution is 2.68. The van der Waals surface area contributed by atoms with Crippen molar-refractivity contribution >= 4 is 0 Å². The maximum absolute atomic E-state index is 10.7. The largest absolute Gasteiger partial charge is 0.390 e. The van der Waals surface area contributed by atoms with Crippen LogP contribution < -0.4 is 0 Å². The van der Waals surface area contributed by atoms with Gasteiger partial charge in [0, 0.05) is 0 Å². The average molecular weight is 403 g/mol. The van der Waals surface area contributed by atoms with Gasteiger partial charge in [-0.3, -0.25) is 0 Å². The molecule has 1 N–H and O–H groups in total. The molecule has 0 aromatic rings. The Bertz CT molecular complexity index is 579. The lowest BCUT2D eigenvalue weighted by atomic mass is 9.43. The van der Waals surface area contributed by atoms with E-state index in [-0.39, 0.29) is 0 Å². The van der Waals surface area contributed by atoms with Crippen molar-refractivity contribution in [2.45, 2.75) is 124 Å². The maximum Gasteiger partial charge on any atom is 0.0622 e. The van der Waals surface area contributed by atoms with Crippen molar-refractivity contribution in [3.63, 3.8) is 0 Å². The molecule has 1 nitrogen and oxygen atoms in total. The van der Waals surface area contributed by atoms with Crippen LogP contribution in [-0.2, 0) is 0 Å². The van der Waals surface area contributed by atoms with Gasteiger partial charge in [0.2, 0.25) is 0 Å². The van der Waals surface area contributed by atoms with E-state index in [9.17, 15) is 5.11 Å². The van der Waals surface area contributed by atoms with E-state index >= 15 is 0 Å². The lowest BCUT2D eigenvalue weighted by molar-refractivity contribution is -0.148. The Morgan fingerprint density at radius 3 is 2.24 bits per heavy atom. The van der Waals surface area contributed by atoms with Crippen molar-refractivity contribution in [3.8, 4) is 0 Å². The molecule has 0 bridgehead atoms. The monoisotopic (exact) mass is 402 g/mol. The Hall–Kier alpha value is -0.0400. The van der Waals surface area contributed by atoms with Gasteiger partial charge < -0.3 is 5.11 Å². The first-order valence-corrected chi connectivity index (χ1v) is 13.3. The number of hydrogen-bond acceptors (Lipinski definition) is 1. The topological polar surface area (TPSA) is 20.2 Å². The van der Waals surface area contributed by atoms with Crippen LogP contribution in [0, 0.1) is 52.3 Å². The molecular formula is C28H50O. The van der Waals surface area contributed by atoms with Gasteiger partial charge in [0.25, 0.3) is 0 Å². The van der Waals surface area contributed by atoms with Gasteiger partial charge in [-0.2, -0.15) is 0 Å². The third-order valence-electron chi connectivity index (χ3n) is 11.2. The van der Waals surface area contributed by atoms with Crippen molar-refractivity contribution in [1.29, 1.82) is 0 Å². The minimum atomic E-state index is -0.399. The second-order valence-corrected chi connectivity index (χ2v) is 13.4. The van der Waals surface area contributed by atoms with E-state index in [1.54, 1.807) is 0 Å². The number of fused-ring (bicyclic) bond motifs is 5. The predicted molar refractivity (Wildman–Crippen MR) is 124 cm³/mol. The standard InChI is InChI=1S/C28H50O/c1-19(2)8-7-9-20(3)23-12-13-24-22-11-10-21-18-26(4,29)16-17-27(21,5)25(22)14-15-28(23,24)6/h19-25,29H,7-18H2,1-6H3/t20-,21+,22?,23?,24?,25?,26+,27?,28?/m1/s1. The van der Waals surface area contributed by atoms with Crippen LogP contribution >= 0.6 is 0 Å². The van der Waals surface area contributed by atoms with Gasteiger partial charge in [0.1, 0.15) is 0 Å². The molecule has 9 atom stereocenters. The van der Waals surface area contributed by atoms with Crippen LogP contribution in [0.15, 0.2) is 0 Å². The van der Waals surface area contributed by atoms with Gasteiger partial charge in [-0.05, 0) is 117 Å². The molecule has 4 aliphatic carbocycles. The molecule has 168 valence electrons. The molecule has 0 amide bonds. The van der Waals surface area contributed by atoms with E-state index in [1.807, 2.05) is 0 Å². The molecule has 0 aromatic carbocycles. The van der Waals surface area contributed by atoms with E-state index in [2.05, 4.69) is 41.5 Å². The van der Waals surface area contributed by atoms with E-state index in [4.69, 9.17) is 0 Å². The van der Waals surface area contributed by atoms with Crippen LogP contribution in [0.2, 0.25) is 0 Å². The lowest BCUT2D eigenvalue weighted by Gasteiger charge is -2.62. The quantitative estimate of drug-likeness (QED) is 0.496. The van der Waals surface area contributed by atoms with Crippen molar-refractivity contribution in [1.82, 2.24) is 0 Å². The second-order valence-electron chi connectivity index (χ2n) is 13.4. The zero-order valence-electron chi connectivity index (χ0n) is 20.5. The normalized spacial score (nSPS) is 50.7. The van der Waals surface area contributed by atoms with Gasteiger partial charge in [0.05, 0.1) is 5.60 Å². The predicted octanol–water partition coefficient (Wildman–Crippen LogP) is 7.86. The minimum Gasteiger partial charge on any atom is -0.390 e. The van der Waals surface area contributed by atoms with E-state index in [1.165, 1.54) is 64.2 Å². The first kappa shape index (κ1) is 22.2. The molecule has 29 heavy (non-hydrogen) atoms. The fourth-order valence-electron chi connectivity index (χ4n) is 9.46. The minimum absolute atomic E-state index is 0.399. The Balaban J connectivity index is 1.46. The first-order valence-electron chi connectivity index (χ1n) is 13.3. The summed E-state index contributed by atoms with van der Waals surface area (Å²) >= 11 is 0. The summed E-state index contributed by atoms with van der Waals surface area (Å²) in [5, 5.41) is 10.7. The van der Waals surface area contributed by atoms with Crippen LogP contribution in [0.25, 0.3) is 0 Å². The fraction of sp³-hybridized carbons (Fsp3) is 1.00. The zero-order valence-corrected chi connectivity index (χ0v) is 20.5. The van der Waals surface area contributed by atoms with Gasteiger partial charge in [-0.25, -0.2) is 0 Å². The smallest absolute Gasteiger partial charge is 0.0622 e. The Labute approximate surface area is 181 Å². The Kier molecular flexibility index (Phi) is 5.98.